The zero-order valence-corrected chi connectivity index (χ0v) is 7.20. The summed E-state index contributed by atoms with van der Waals surface area (Å²) in [5.74, 6) is -1.65. The minimum atomic E-state index is -0.703. The molecule has 2 atom stereocenters. The van der Waals surface area contributed by atoms with Crippen LogP contribution in [0.1, 0.15) is 19.8 Å². The summed E-state index contributed by atoms with van der Waals surface area (Å²) in [5, 5.41) is 0. The number of esters is 2. The standard InChI is InChI=1S/C8H12O4/c1-5-3-4-6(7(9)11-2)8(10)12-5/h5-6H,3-4H2,1-2H3. The van der Waals surface area contributed by atoms with Gasteiger partial charge in [0.05, 0.1) is 13.2 Å². The van der Waals surface area contributed by atoms with Crippen LogP contribution in [-0.4, -0.2) is 25.2 Å². The van der Waals surface area contributed by atoms with Crippen LogP contribution in [0.25, 0.3) is 0 Å². The Labute approximate surface area is 70.8 Å². The van der Waals surface area contributed by atoms with E-state index in [4.69, 9.17) is 4.74 Å². The number of hydrogen-bond donors (Lipinski definition) is 0. The summed E-state index contributed by atoms with van der Waals surface area (Å²) in [6.45, 7) is 1.81. The van der Waals surface area contributed by atoms with Crippen LogP contribution >= 0.6 is 0 Å². The number of hydrogen-bond acceptors (Lipinski definition) is 4. The molecule has 1 heterocycles. The molecule has 1 rings (SSSR count). The number of cyclic esters (lactones) is 1. The van der Waals surface area contributed by atoms with Gasteiger partial charge in [0.25, 0.3) is 0 Å². The molecule has 4 nitrogen and oxygen atoms in total. The van der Waals surface area contributed by atoms with Gasteiger partial charge in [-0.15, -0.1) is 0 Å². The average molecular weight is 172 g/mol. The van der Waals surface area contributed by atoms with Gasteiger partial charge in [-0.1, -0.05) is 0 Å². The largest absolute Gasteiger partial charge is 0.468 e. The van der Waals surface area contributed by atoms with Crippen molar-refractivity contribution in [3.8, 4) is 0 Å². The molecule has 0 aromatic rings. The van der Waals surface area contributed by atoms with Crippen LogP contribution in [0.15, 0.2) is 0 Å². The molecule has 0 bridgehead atoms. The highest BCUT2D eigenvalue weighted by atomic mass is 16.6. The predicted octanol–water partition coefficient (Wildman–Crippen LogP) is 0.501. The van der Waals surface area contributed by atoms with Gasteiger partial charge in [-0.05, 0) is 19.8 Å². The normalized spacial score (nSPS) is 29.3. The van der Waals surface area contributed by atoms with E-state index in [1.165, 1.54) is 7.11 Å². The van der Waals surface area contributed by atoms with Gasteiger partial charge in [0.1, 0.15) is 0 Å². The Balaban J connectivity index is 2.56. The van der Waals surface area contributed by atoms with Crippen molar-refractivity contribution in [1.82, 2.24) is 0 Å². The van der Waals surface area contributed by atoms with Gasteiger partial charge in [-0.2, -0.15) is 0 Å². The Bertz CT molecular complexity index is 199. The lowest BCUT2D eigenvalue weighted by molar-refractivity contribution is -0.169. The van der Waals surface area contributed by atoms with E-state index < -0.39 is 17.9 Å². The highest BCUT2D eigenvalue weighted by Gasteiger charge is 2.34. The highest BCUT2D eigenvalue weighted by molar-refractivity contribution is 5.95. The smallest absolute Gasteiger partial charge is 0.320 e. The zero-order valence-electron chi connectivity index (χ0n) is 7.20. The Morgan fingerprint density at radius 1 is 1.58 bits per heavy atom. The fourth-order valence-electron chi connectivity index (χ4n) is 1.21. The minimum absolute atomic E-state index is 0.0709. The Kier molecular flexibility index (Phi) is 2.68. The first-order valence-electron chi connectivity index (χ1n) is 3.93. The molecule has 2 unspecified atom stereocenters. The van der Waals surface area contributed by atoms with Gasteiger partial charge in [0, 0.05) is 0 Å². The molecule has 4 heteroatoms. The van der Waals surface area contributed by atoms with Crippen LogP contribution < -0.4 is 0 Å². The maximum Gasteiger partial charge on any atom is 0.320 e. The maximum absolute atomic E-state index is 11.1. The van der Waals surface area contributed by atoms with E-state index in [9.17, 15) is 9.59 Å². The summed E-state index contributed by atoms with van der Waals surface area (Å²) in [4.78, 5) is 22.0. The molecule has 1 aliphatic heterocycles. The molecule has 0 radical (unpaired) electrons. The van der Waals surface area contributed by atoms with Crippen molar-refractivity contribution in [2.75, 3.05) is 7.11 Å². The Morgan fingerprint density at radius 2 is 2.25 bits per heavy atom. The first kappa shape index (κ1) is 9.03. The Morgan fingerprint density at radius 3 is 2.75 bits per heavy atom. The number of rotatable bonds is 1. The van der Waals surface area contributed by atoms with Crippen molar-refractivity contribution in [2.24, 2.45) is 5.92 Å². The molecular formula is C8H12O4. The van der Waals surface area contributed by atoms with Crippen LogP contribution in [0.5, 0.6) is 0 Å². The number of carbonyl (C=O) groups excluding carboxylic acids is 2. The first-order valence-corrected chi connectivity index (χ1v) is 3.93. The van der Waals surface area contributed by atoms with Crippen molar-refractivity contribution < 1.29 is 19.1 Å². The predicted molar refractivity (Wildman–Crippen MR) is 40.3 cm³/mol. The van der Waals surface area contributed by atoms with Crippen molar-refractivity contribution in [1.29, 1.82) is 0 Å². The van der Waals surface area contributed by atoms with Crippen LogP contribution in [0.4, 0.5) is 0 Å². The lowest BCUT2D eigenvalue weighted by atomic mass is 9.98. The summed E-state index contributed by atoms with van der Waals surface area (Å²) in [5.41, 5.74) is 0. The van der Waals surface area contributed by atoms with Gasteiger partial charge in [0.15, 0.2) is 5.92 Å². The van der Waals surface area contributed by atoms with Crippen LogP contribution in [-0.2, 0) is 19.1 Å². The van der Waals surface area contributed by atoms with E-state index >= 15 is 0 Å². The van der Waals surface area contributed by atoms with Gasteiger partial charge < -0.3 is 9.47 Å². The second-order valence-corrected chi connectivity index (χ2v) is 2.90. The first-order chi connectivity index (χ1) is 5.65. The summed E-state index contributed by atoms with van der Waals surface area (Å²) in [6.07, 6.45) is 1.19. The molecule has 1 aliphatic rings. The molecular weight excluding hydrogens is 160 g/mol. The monoisotopic (exact) mass is 172 g/mol. The molecule has 0 amide bonds. The van der Waals surface area contributed by atoms with E-state index in [1.54, 1.807) is 0 Å². The van der Waals surface area contributed by atoms with Crippen molar-refractivity contribution >= 4 is 11.9 Å². The van der Waals surface area contributed by atoms with Gasteiger partial charge in [0.2, 0.25) is 0 Å². The summed E-state index contributed by atoms with van der Waals surface area (Å²) in [7, 11) is 1.27. The second kappa shape index (κ2) is 3.56. The molecule has 0 aliphatic carbocycles. The number of carbonyl (C=O) groups is 2. The number of ether oxygens (including phenoxy) is 2. The van der Waals surface area contributed by atoms with E-state index in [1.807, 2.05) is 6.92 Å². The second-order valence-electron chi connectivity index (χ2n) is 2.90. The van der Waals surface area contributed by atoms with Crippen molar-refractivity contribution in [3.05, 3.63) is 0 Å². The molecule has 0 aromatic carbocycles. The lowest BCUT2D eigenvalue weighted by Crippen LogP contribution is -2.34. The molecule has 68 valence electrons. The average Bonchev–Trinajstić information content (AvgIpc) is 2.03. The van der Waals surface area contributed by atoms with Crippen LogP contribution in [0.3, 0.4) is 0 Å². The van der Waals surface area contributed by atoms with E-state index in [2.05, 4.69) is 4.74 Å². The highest BCUT2D eigenvalue weighted by Crippen LogP contribution is 2.20. The van der Waals surface area contributed by atoms with Crippen molar-refractivity contribution in [2.45, 2.75) is 25.9 Å². The minimum Gasteiger partial charge on any atom is -0.468 e. The molecule has 1 saturated heterocycles. The molecule has 12 heavy (non-hydrogen) atoms. The molecule has 0 aromatic heterocycles. The molecule has 0 N–H and O–H groups in total. The van der Waals surface area contributed by atoms with Crippen molar-refractivity contribution in [3.63, 3.8) is 0 Å². The fraction of sp³-hybridized carbons (Fsp3) is 0.750. The summed E-state index contributed by atoms with van der Waals surface area (Å²) >= 11 is 0. The SMILES string of the molecule is COC(=O)C1CCC(C)OC1=O. The third kappa shape index (κ3) is 1.75. The van der Waals surface area contributed by atoms with E-state index in [0.29, 0.717) is 6.42 Å². The van der Waals surface area contributed by atoms with Crippen LogP contribution in [0, 0.1) is 5.92 Å². The van der Waals surface area contributed by atoms with Gasteiger partial charge in [-0.3, -0.25) is 9.59 Å². The topological polar surface area (TPSA) is 52.6 Å². The van der Waals surface area contributed by atoms with E-state index in [0.717, 1.165) is 6.42 Å². The molecule has 1 fully saturated rings. The van der Waals surface area contributed by atoms with Gasteiger partial charge >= 0.3 is 11.9 Å². The summed E-state index contributed by atoms with van der Waals surface area (Å²) < 4.78 is 9.34. The maximum atomic E-state index is 11.1. The fourth-order valence-corrected chi connectivity index (χ4v) is 1.21. The zero-order chi connectivity index (χ0) is 9.14. The number of methoxy groups -OCH3 is 1. The molecule has 0 spiro atoms. The quantitative estimate of drug-likeness (QED) is 0.427. The van der Waals surface area contributed by atoms with Gasteiger partial charge in [-0.25, -0.2) is 0 Å². The van der Waals surface area contributed by atoms with Crippen LogP contribution in [0.2, 0.25) is 0 Å². The lowest BCUT2D eigenvalue weighted by Gasteiger charge is -2.23. The molecule has 0 saturated carbocycles. The third-order valence-corrected chi connectivity index (χ3v) is 1.95. The van der Waals surface area contributed by atoms with E-state index in [-0.39, 0.29) is 6.10 Å². The summed E-state index contributed by atoms with van der Waals surface area (Å²) in [6, 6.07) is 0. The third-order valence-electron chi connectivity index (χ3n) is 1.95. The Hall–Kier alpha value is -1.06.